The number of nitrogens with zero attached hydrogens (tertiary/aromatic N) is 6. The Morgan fingerprint density at radius 2 is 2.07 bits per heavy atom. The maximum atomic E-state index is 12.2. The number of rotatable bonds is 6. The van der Waals surface area contributed by atoms with Crippen LogP contribution in [0.3, 0.4) is 0 Å². The Morgan fingerprint density at radius 3 is 2.79 bits per heavy atom. The molecule has 10 heteroatoms. The molecule has 0 saturated carbocycles. The number of anilines is 1. The Hall–Kier alpha value is -2.20. The smallest absolute Gasteiger partial charge is 0.270 e. The standard InChI is InChI=1S/C18H23N7OS2/c1-12-21-14(11-28-12)17(26)19-6-9-25-16-13(10-20-25)15(22-18(23-16)27-2)24-7-4-3-5-8-24/h10-11H,3-9H2,1-2H3,(H,19,26). The lowest BCUT2D eigenvalue weighted by Gasteiger charge is -2.28. The fourth-order valence-corrected chi connectivity index (χ4v) is 4.30. The van der Waals surface area contributed by atoms with E-state index < -0.39 is 0 Å². The number of nitrogens with one attached hydrogen (secondary N) is 1. The second kappa shape index (κ2) is 8.44. The first-order valence-corrected chi connectivity index (χ1v) is 11.5. The van der Waals surface area contributed by atoms with Crippen molar-refractivity contribution in [1.29, 1.82) is 0 Å². The third kappa shape index (κ3) is 3.97. The van der Waals surface area contributed by atoms with E-state index in [0.29, 0.717) is 18.8 Å². The van der Waals surface area contributed by atoms with Crippen LogP contribution in [0.1, 0.15) is 34.8 Å². The predicted octanol–water partition coefficient (Wildman–Crippen LogP) is 2.73. The Kier molecular flexibility index (Phi) is 5.77. The van der Waals surface area contributed by atoms with Crippen LogP contribution < -0.4 is 10.2 Å². The number of amides is 1. The summed E-state index contributed by atoms with van der Waals surface area (Å²) in [7, 11) is 0. The van der Waals surface area contributed by atoms with Crippen molar-refractivity contribution in [2.75, 3.05) is 30.8 Å². The van der Waals surface area contributed by atoms with Crippen LogP contribution in [-0.4, -0.2) is 56.5 Å². The zero-order valence-corrected chi connectivity index (χ0v) is 17.6. The fourth-order valence-electron chi connectivity index (χ4n) is 3.36. The molecule has 1 N–H and O–H groups in total. The molecule has 1 aliphatic heterocycles. The van der Waals surface area contributed by atoms with E-state index in [1.807, 2.05) is 24.1 Å². The molecule has 0 unspecified atom stereocenters. The molecule has 4 rings (SSSR count). The first-order chi connectivity index (χ1) is 13.7. The summed E-state index contributed by atoms with van der Waals surface area (Å²) in [5.74, 6) is 0.816. The van der Waals surface area contributed by atoms with Gasteiger partial charge in [0.15, 0.2) is 10.8 Å². The van der Waals surface area contributed by atoms with Crippen molar-refractivity contribution in [3.63, 3.8) is 0 Å². The first-order valence-electron chi connectivity index (χ1n) is 9.38. The Balaban J connectivity index is 1.52. The van der Waals surface area contributed by atoms with E-state index in [1.54, 1.807) is 5.38 Å². The second-order valence-electron chi connectivity index (χ2n) is 6.69. The molecule has 0 radical (unpaired) electrons. The van der Waals surface area contributed by atoms with Crippen molar-refractivity contribution in [1.82, 2.24) is 30.0 Å². The summed E-state index contributed by atoms with van der Waals surface area (Å²) in [5, 5.41) is 11.8. The average Bonchev–Trinajstić information content (AvgIpc) is 3.34. The highest BCUT2D eigenvalue weighted by molar-refractivity contribution is 7.98. The summed E-state index contributed by atoms with van der Waals surface area (Å²) in [6, 6.07) is 0. The number of thiazole rings is 1. The van der Waals surface area contributed by atoms with E-state index in [-0.39, 0.29) is 5.91 Å². The third-order valence-corrected chi connectivity index (χ3v) is 6.08. The largest absolute Gasteiger partial charge is 0.356 e. The number of hydrogen-bond acceptors (Lipinski definition) is 8. The Bertz CT molecular complexity index is 978. The normalized spacial score (nSPS) is 14.6. The lowest BCUT2D eigenvalue weighted by atomic mass is 10.1. The molecule has 0 spiro atoms. The highest BCUT2D eigenvalue weighted by Gasteiger charge is 2.19. The number of aromatic nitrogens is 5. The number of piperidine rings is 1. The van der Waals surface area contributed by atoms with E-state index in [0.717, 1.165) is 40.1 Å². The van der Waals surface area contributed by atoms with Crippen LogP contribution in [0.2, 0.25) is 0 Å². The molecular formula is C18H23N7OS2. The van der Waals surface area contributed by atoms with E-state index >= 15 is 0 Å². The van der Waals surface area contributed by atoms with Gasteiger partial charge in [0.05, 0.1) is 23.1 Å². The average molecular weight is 418 g/mol. The molecule has 148 valence electrons. The van der Waals surface area contributed by atoms with Gasteiger partial charge >= 0.3 is 0 Å². The van der Waals surface area contributed by atoms with E-state index in [4.69, 9.17) is 4.98 Å². The predicted molar refractivity (Wildman–Crippen MR) is 112 cm³/mol. The third-order valence-electron chi connectivity index (χ3n) is 4.75. The second-order valence-corrected chi connectivity index (χ2v) is 8.53. The van der Waals surface area contributed by atoms with Crippen LogP contribution in [0.4, 0.5) is 5.82 Å². The van der Waals surface area contributed by atoms with Gasteiger partial charge in [0, 0.05) is 25.0 Å². The molecule has 8 nitrogen and oxygen atoms in total. The number of hydrogen-bond donors (Lipinski definition) is 1. The lowest BCUT2D eigenvalue weighted by Crippen LogP contribution is -2.30. The van der Waals surface area contributed by atoms with Gasteiger partial charge in [0.25, 0.3) is 5.91 Å². The van der Waals surface area contributed by atoms with E-state index in [9.17, 15) is 4.79 Å². The van der Waals surface area contributed by atoms with Gasteiger partial charge in [0.2, 0.25) is 0 Å². The van der Waals surface area contributed by atoms with E-state index in [2.05, 4.69) is 25.3 Å². The van der Waals surface area contributed by atoms with Gasteiger partial charge in [-0.3, -0.25) is 4.79 Å². The van der Waals surface area contributed by atoms with Gasteiger partial charge in [-0.25, -0.2) is 19.6 Å². The van der Waals surface area contributed by atoms with Crippen LogP contribution >= 0.6 is 23.1 Å². The van der Waals surface area contributed by atoms with Gasteiger partial charge < -0.3 is 10.2 Å². The van der Waals surface area contributed by atoms with Gasteiger partial charge in [0.1, 0.15) is 11.5 Å². The van der Waals surface area contributed by atoms with Crippen LogP contribution in [-0.2, 0) is 6.54 Å². The molecule has 1 saturated heterocycles. The number of fused-ring (bicyclic) bond motifs is 1. The van der Waals surface area contributed by atoms with Crippen molar-refractivity contribution >= 4 is 45.9 Å². The van der Waals surface area contributed by atoms with Gasteiger partial charge in [-0.1, -0.05) is 11.8 Å². The number of carbonyl (C=O) groups is 1. The summed E-state index contributed by atoms with van der Waals surface area (Å²) in [5.41, 5.74) is 1.28. The maximum Gasteiger partial charge on any atom is 0.270 e. The summed E-state index contributed by atoms with van der Waals surface area (Å²) < 4.78 is 1.84. The molecule has 3 aromatic rings. The van der Waals surface area contributed by atoms with Gasteiger partial charge in [-0.05, 0) is 32.4 Å². The van der Waals surface area contributed by atoms with Gasteiger partial charge in [-0.15, -0.1) is 11.3 Å². The summed E-state index contributed by atoms with van der Waals surface area (Å²) in [6.45, 7) is 4.94. The molecule has 1 aliphatic rings. The number of carbonyl (C=O) groups excluding carboxylic acids is 1. The van der Waals surface area contributed by atoms with Crippen LogP contribution in [0.5, 0.6) is 0 Å². The monoisotopic (exact) mass is 417 g/mol. The molecule has 0 aliphatic carbocycles. The van der Waals surface area contributed by atoms with Crippen LogP contribution in [0.25, 0.3) is 11.0 Å². The zero-order valence-electron chi connectivity index (χ0n) is 16.0. The quantitative estimate of drug-likeness (QED) is 0.487. The summed E-state index contributed by atoms with van der Waals surface area (Å²) in [6.07, 6.45) is 7.48. The highest BCUT2D eigenvalue weighted by atomic mass is 32.2. The van der Waals surface area contributed by atoms with Crippen molar-refractivity contribution in [3.05, 3.63) is 22.3 Å². The molecule has 0 bridgehead atoms. The molecule has 1 amide bonds. The minimum absolute atomic E-state index is 0.158. The van der Waals surface area contributed by atoms with Crippen LogP contribution in [0.15, 0.2) is 16.7 Å². The molecule has 0 aromatic carbocycles. The molecular weight excluding hydrogens is 394 g/mol. The minimum Gasteiger partial charge on any atom is -0.356 e. The van der Waals surface area contributed by atoms with Crippen molar-refractivity contribution in [3.8, 4) is 0 Å². The van der Waals surface area contributed by atoms with Gasteiger partial charge in [-0.2, -0.15) is 5.10 Å². The SMILES string of the molecule is CSc1nc(N2CCCCC2)c2cnn(CCNC(=O)c3csc(C)n3)c2n1. The summed E-state index contributed by atoms with van der Waals surface area (Å²) in [4.78, 5) is 28.2. The van der Waals surface area contributed by atoms with Crippen molar-refractivity contribution < 1.29 is 4.79 Å². The maximum absolute atomic E-state index is 12.2. The summed E-state index contributed by atoms with van der Waals surface area (Å²) >= 11 is 3.01. The first kappa shape index (κ1) is 19.1. The molecule has 0 atom stereocenters. The molecule has 28 heavy (non-hydrogen) atoms. The van der Waals surface area contributed by atoms with Crippen LogP contribution in [0, 0.1) is 6.92 Å². The van der Waals surface area contributed by atoms with E-state index in [1.165, 1.54) is 42.4 Å². The zero-order chi connectivity index (χ0) is 19.5. The topological polar surface area (TPSA) is 88.8 Å². The van der Waals surface area contributed by atoms with Crippen molar-refractivity contribution in [2.24, 2.45) is 0 Å². The minimum atomic E-state index is -0.158. The Labute approximate surface area is 171 Å². The molecule has 3 aromatic heterocycles. The number of thioether (sulfide) groups is 1. The highest BCUT2D eigenvalue weighted by Crippen LogP contribution is 2.28. The fraction of sp³-hybridized carbons (Fsp3) is 0.500. The lowest BCUT2D eigenvalue weighted by molar-refractivity contribution is 0.0947. The Morgan fingerprint density at radius 1 is 1.25 bits per heavy atom. The van der Waals surface area contributed by atoms with Crippen molar-refractivity contribution in [2.45, 2.75) is 37.9 Å². The molecule has 1 fully saturated rings. The number of aryl methyl sites for hydroxylation is 1. The molecule has 4 heterocycles.